The molecule has 1 unspecified atom stereocenters. The highest BCUT2D eigenvalue weighted by atomic mass is 35.5. The van der Waals surface area contributed by atoms with E-state index in [9.17, 15) is 14.4 Å². The lowest BCUT2D eigenvalue weighted by Gasteiger charge is -2.41. The first-order valence-corrected chi connectivity index (χ1v) is 20.4. The zero-order valence-corrected chi connectivity index (χ0v) is 30.8. The van der Waals surface area contributed by atoms with E-state index in [1.807, 2.05) is 44.4 Å². The Bertz CT molecular complexity index is 1430. The summed E-state index contributed by atoms with van der Waals surface area (Å²) in [5.74, 6) is 0.326. The van der Waals surface area contributed by atoms with Crippen molar-refractivity contribution < 1.29 is 28.6 Å². The number of nitrogens with zero attached hydrogens (tertiary/aromatic N) is 4. The zero-order valence-electron chi connectivity index (χ0n) is 29.0. The quantitative estimate of drug-likeness (QED) is 0.173. The molecule has 1 aliphatic heterocycles. The Hall–Kier alpha value is -2.83. The van der Waals surface area contributed by atoms with Gasteiger partial charge in [-0.15, -0.1) is 0 Å². The van der Waals surface area contributed by atoms with E-state index in [4.69, 9.17) is 30.8 Å². The van der Waals surface area contributed by atoms with Crippen LogP contribution in [0.4, 0.5) is 15.3 Å². The molecule has 1 aromatic heterocycles. The van der Waals surface area contributed by atoms with Crippen molar-refractivity contribution in [1.29, 1.82) is 0 Å². The molecular formula is C33H52ClN5O6Si. The molecule has 2 aromatic rings. The third kappa shape index (κ3) is 8.74. The number of alkyl carbamates (subject to hydrolysis) is 1. The molecule has 256 valence electrons. The summed E-state index contributed by atoms with van der Waals surface area (Å²) < 4.78 is 18.4. The van der Waals surface area contributed by atoms with Gasteiger partial charge in [0, 0.05) is 51.8 Å². The van der Waals surface area contributed by atoms with Crippen LogP contribution in [0.1, 0.15) is 70.9 Å². The van der Waals surface area contributed by atoms with Gasteiger partial charge in [0.15, 0.2) is 5.82 Å². The summed E-state index contributed by atoms with van der Waals surface area (Å²) >= 11 is 6.96. The van der Waals surface area contributed by atoms with E-state index in [1.165, 1.54) is 7.11 Å². The first-order chi connectivity index (χ1) is 21.4. The van der Waals surface area contributed by atoms with Gasteiger partial charge in [0.2, 0.25) is 5.78 Å². The first-order valence-electron chi connectivity index (χ1n) is 16.3. The monoisotopic (exact) mass is 677 g/mol. The molecule has 1 saturated heterocycles. The van der Waals surface area contributed by atoms with E-state index in [0.717, 1.165) is 17.2 Å². The van der Waals surface area contributed by atoms with Crippen LogP contribution in [-0.2, 0) is 20.9 Å². The average Bonchev–Trinajstić information content (AvgIpc) is 3.31. The molecular weight excluding hydrogens is 626 g/mol. The second-order valence-electron chi connectivity index (χ2n) is 15.3. The lowest BCUT2D eigenvalue weighted by molar-refractivity contribution is 0.0218. The first kappa shape index (κ1) is 36.0. The van der Waals surface area contributed by atoms with Crippen LogP contribution in [0.3, 0.4) is 0 Å². The number of halogens is 1. The number of anilines is 1. The number of Topliss-reactive ketones (excluding diaryl/α,β-unsaturated/α-hetero) is 1. The van der Waals surface area contributed by atoms with Gasteiger partial charge in [-0.2, -0.15) is 0 Å². The summed E-state index contributed by atoms with van der Waals surface area (Å²) in [4.78, 5) is 47.6. The van der Waals surface area contributed by atoms with Crippen LogP contribution in [0.25, 0.3) is 11.0 Å². The van der Waals surface area contributed by atoms with Crippen molar-refractivity contribution in [3.05, 3.63) is 23.0 Å². The largest absolute Gasteiger partial charge is 0.453 e. The summed E-state index contributed by atoms with van der Waals surface area (Å²) in [6.07, 6.45) is 1.81. The van der Waals surface area contributed by atoms with Crippen molar-refractivity contribution in [2.24, 2.45) is 5.41 Å². The van der Waals surface area contributed by atoms with Gasteiger partial charge < -0.3 is 29.3 Å². The van der Waals surface area contributed by atoms with Crippen LogP contribution in [0, 0.1) is 5.41 Å². The van der Waals surface area contributed by atoms with Crippen LogP contribution < -0.4 is 10.2 Å². The topological polar surface area (TPSA) is 115 Å². The number of aromatic nitrogens is 2. The lowest BCUT2D eigenvalue weighted by Crippen LogP contribution is -2.54. The van der Waals surface area contributed by atoms with E-state index in [-0.39, 0.29) is 30.7 Å². The minimum atomic E-state index is -1.31. The Balaban J connectivity index is 1.61. The van der Waals surface area contributed by atoms with Gasteiger partial charge in [0.25, 0.3) is 0 Å². The maximum absolute atomic E-state index is 14.3. The molecule has 2 amide bonds. The number of hydrogen-bond donors (Lipinski definition) is 1. The molecule has 1 aromatic carbocycles. The molecule has 0 bridgehead atoms. The molecule has 46 heavy (non-hydrogen) atoms. The summed E-state index contributed by atoms with van der Waals surface area (Å²) in [7, 11) is 0.0421. The average molecular weight is 678 g/mol. The van der Waals surface area contributed by atoms with Gasteiger partial charge in [-0.05, 0) is 71.6 Å². The second kappa shape index (κ2) is 14.1. The van der Waals surface area contributed by atoms with Gasteiger partial charge in [-0.25, -0.2) is 14.6 Å². The van der Waals surface area contributed by atoms with Crippen molar-refractivity contribution >= 4 is 54.4 Å². The minimum Gasteiger partial charge on any atom is -0.453 e. The normalized spacial score (nSPS) is 22.6. The predicted molar refractivity (Wildman–Crippen MR) is 184 cm³/mol. The van der Waals surface area contributed by atoms with Crippen molar-refractivity contribution in [1.82, 2.24) is 19.8 Å². The highest BCUT2D eigenvalue weighted by Crippen LogP contribution is 2.40. The van der Waals surface area contributed by atoms with E-state index in [2.05, 4.69) is 36.8 Å². The summed E-state index contributed by atoms with van der Waals surface area (Å²) in [6, 6.07) is 4.79. The van der Waals surface area contributed by atoms with Crippen LogP contribution >= 0.6 is 11.6 Å². The summed E-state index contributed by atoms with van der Waals surface area (Å²) in [6.45, 7) is 18.9. The molecule has 11 nitrogen and oxygen atoms in total. The smallest absolute Gasteiger partial charge is 0.410 e. The Labute approximate surface area is 279 Å². The number of methoxy groups -OCH3 is 1. The van der Waals surface area contributed by atoms with Crippen LogP contribution in [-0.4, -0.2) is 91.5 Å². The molecule has 1 saturated carbocycles. The highest BCUT2D eigenvalue weighted by molar-refractivity contribution is 6.76. The van der Waals surface area contributed by atoms with Gasteiger partial charge in [-0.3, -0.25) is 9.36 Å². The van der Waals surface area contributed by atoms with Crippen molar-refractivity contribution in [3.63, 3.8) is 0 Å². The van der Waals surface area contributed by atoms with Gasteiger partial charge >= 0.3 is 12.2 Å². The Kier molecular flexibility index (Phi) is 11.0. The number of amides is 2. The molecule has 4 rings (SSSR count). The second-order valence-corrected chi connectivity index (χ2v) is 21.3. The van der Waals surface area contributed by atoms with Gasteiger partial charge in [0.1, 0.15) is 12.3 Å². The van der Waals surface area contributed by atoms with E-state index in [1.54, 1.807) is 4.90 Å². The third-order valence-electron chi connectivity index (χ3n) is 8.97. The number of nitrogens with one attached hydrogen (secondary N) is 1. The molecule has 1 atom stereocenters. The number of piperazine rings is 1. The lowest BCUT2D eigenvalue weighted by atomic mass is 9.71. The number of fused-ring (bicyclic) bond motifs is 1. The Morgan fingerprint density at radius 3 is 2.39 bits per heavy atom. The predicted octanol–water partition coefficient (Wildman–Crippen LogP) is 6.94. The Morgan fingerprint density at radius 2 is 1.80 bits per heavy atom. The maximum atomic E-state index is 14.3. The van der Waals surface area contributed by atoms with E-state index in [0.29, 0.717) is 68.3 Å². The third-order valence-corrected chi connectivity index (χ3v) is 11.0. The van der Waals surface area contributed by atoms with Crippen molar-refractivity contribution in [3.8, 4) is 0 Å². The standard InChI is InChI=1S/C33H52ClN5O6Si/c1-22-20-37(31(42)45-32(2,3)4)14-15-38(22)26-19-25-27(18-24(26)34)39(21-44-16-17-46(7,8)9)29(36-25)28(40)33(5)12-10-23(11-13-33)35-30(41)43-6/h18-19,22-23H,10-17,20-21H2,1-9H3,(H,35,41). The molecule has 1 N–H and O–H groups in total. The highest BCUT2D eigenvalue weighted by Gasteiger charge is 2.41. The molecule has 2 fully saturated rings. The number of ketones is 1. The molecule has 2 heterocycles. The van der Waals surface area contributed by atoms with Gasteiger partial charge in [-0.1, -0.05) is 38.2 Å². The molecule has 13 heteroatoms. The minimum absolute atomic E-state index is 0.0167. The summed E-state index contributed by atoms with van der Waals surface area (Å²) in [5.41, 5.74) is 1.03. The maximum Gasteiger partial charge on any atom is 0.410 e. The number of carbonyl (C=O) groups is 3. The molecule has 0 radical (unpaired) electrons. The van der Waals surface area contributed by atoms with Crippen LogP contribution in [0.15, 0.2) is 12.1 Å². The molecule has 1 aliphatic carbocycles. The molecule has 0 spiro atoms. The number of hydrogen-bond acceptors (Lipinski definition) is 8. The number of ether oxygens (including phenoxy) is 3. The Morgan fingerprint density at radius 1 is 1.13 bits per heavy atom. The van der Waals surface area contributed by atoms with Gasteiger partial charge in [0.05, 0.1) is 28.9 Å². The number of carbonyl (C=O) groups excluding carboxylic acids is 3. The van der Waals surface area contributed by atoms with Crippen LogP contribution in [0.5, 0.6) is 0 Å². The van der Waals surface area contributed by atoms with Crippen molar-refractivity contribution in [2.45, 2.75) is 110 Å². The van der Waals surface area contributed by atoms with E-state index >= 15 is 0 Å². The SMILES string of the molecule is COC(=O)NC1CCC(C)(C(=O)c2nc3cc(N4CCN(C(=O)OC(C)(C)C)CC4C)c(Cl)cc3n2COCC[Si](C)(C)C)CC1. The number of rotatable bonds is 9. The van der Waals surface area contributed by atoms with Crippen molar-refractivity contribution in [2.75, 3.05) is 38.3 Å². The fraction of sp³-hybridized carbons (Fsp3) is 0.697. The molecule has 2 aliphatic rings. The summed E-state index contributed by atoms with van der Waals surface area (Å²) in [5, 5.41) is 3.42. The number of benzene rings is 1. The fourth-order valence-corrected chi connectivity index (χ4v) is 7.15. The number of imidazole rings is 1. The zero-order chi connectivity index (χ0) is 34.0. The van der Waals surface area contributed by atoms with E-state index < -0.39 is 25.2 Å². The fourth-order valence-electron chi connectivity index (χ4n) is 6.12. The van der Waals surface area contributed by atoms with Crippen LogP contribution in [0.2, 0.25) is 30.7 Å².